The predicted molar refractivity (Wildman–Crippen MR) is 80.5 cm³/mol. The summed E-state index contributed by atoms with van der Waals surface area (Å²) in [6, 6.07) is 0. The Morgan fingerprint density at radius 3 is 2.42 bits per heavy atom. The number of ether oxygens (including phenoxy) is 1. The van der Waals surface area contributed by atoms with Gasteiger partial charge in [-0.2, -0.15) is 0 Å². The van der Waals surface area contributed by atoms with Crippen molar-refractivity contribution in [1.82, 2.24) is 9.80 Å². The minimum absolute atomic E-state index is 0.691. The molecule has 0 aliphatic carbocycles. The van der Waals surface area contributed by atoms with Gasteiger partial charge < -0.3 is 20.3 Å². The monoisotopic (exact) mass is 270 g/mol. The zero-order valence-corrected chi connectivity index (χ0v) is 12.6. The van der Waals surface area contributed by atoms with Crippen LogP contribution in [0.3, 0.4) is 0 Å². The van der Waals surface area contributed by atoms with E-state index in [-0.39, 0.29) is 0 Å². The number of morpholine rings is 1. The highest BCUT2D eigenvalue weighted by Crippen LogP contribution is 2.04. The molecule has 1 rings (SSSR count). The van der Waals surface area contributed by atoms with Crippen LogP contribution in [-0.2, 0) is 4.74 Å². The van der Waals surface area contributed by atoms with E-state index in [1.807, 2.05) is 0 Å². The summed E-state index contributed by atoms with van der Waals surface area (Å²) in [5.74, 6) is 0.691. The average molecular weight is 270 g/mol. The van der Waals surface area contributed by atoms with E-state index in [2.05, 4.69) is 28.9 Å². The fraction of sp³-hybridized carbons (Fsp3) is 0.929. The minimum atomic E-state index is 0.691. The molecular weight excluding hydrogens is 240 g/mol. The Balaban J connectivity index is 1.96. The lowest BCUT2D eigenvalue weighted by Crippen LogP contribution is -2.44. The minimum Gasteiger partial charge on any atom is -0.378 e. The van der Waals surface area contributed by atoms with Crippen LogP contribution in [0, 0.1) is 0 Å². The van der Waals surface area contributed by atoms with E-state index < -0.39 is 0 Å². The summed E-state index contributed by atoms with van der Waals surface area (Å²) in [5, 5.41) is 0. The molecule has 0 aromatic rings. The van der Waals surface area contributed by atoms with Gasteiger partial charge >= 0.3 is 0 Å². The van der Waals surface area contributed by atoms with Crippen LogP contribution in [0.5, 0.6) is 0 Å². The van der Waals surface area contributed by atoms with Crippen molar-refractivity contribution >= 4 is 5.96 Å². The second kappa shape index (κ2) is 10.0. The molecular formula is C14H30N4O. The van der Waals surface area contributed by atoms with E-state index in [1.165, 1.54) is 32.2 Å². The zero-order valence-electron chi connectivity index (χ0n) is 12.6. The SMILES string of the molecule is CN(C)CCCCCCCN=C(N)N1CCOCC1. The third-order valence-corrected chi connectivity index (χ3v) is 3.37. The van der Waals surface area contributed by atoms with Crippen molar-refractivity contribution in [1.29, 1.82) is 0 Å². The standard InChI is InChI=1S/C14H30N4O/c1-17(2)9-7-5-3-4-6-8-16-14(15)18-10-12-19-13-11-18/h3-13H2,1-2H3,(H2,15,16). The van der Waals surface area contributed by atoms with Crippen molar-refractivity contribution in [3.05, 3.63) is 0 Å². The van der Waals surface area contributed by atoms with Crippen molar-refractivity contribution in [2.45, 2.75) is 32.1 Å². The fourth-order valence-electron chi connectivity index (χ4n) is 2.16. The van der Waals surface area contributed by atoms with Crippen LogP contribution in [0.2, 0.25) is 0 Å². The first-order valence-corrected chi connectivity index (χ1v) is 7.47. The molecule has 0 aromatic heterocycles. The first-order chi connectivity index (χ1) is 9.20. The lowest BCUT2D eigenvalue weighted by molar-refractivity contribution is 0.0674. The summed E-state index contributed by atoms with van der Waals surface area (Å²) in [7, 11) is 4.26. The van der Waals surface area contributed by atoms with Crippen molar-refractivity contribution < 1.29 is 4.74 Å². The molecule has 1 heterocycles. The van der Waals surface area contributed by atoms with Gasteiger partial charge in [0.15, 0.2) is 5.96 Å². The number of hydrogen-bond acceptors (Lipinski definition) is 3. The van der Waals surface area contributed by atoms with Crippen LogP contribution in [-0.4, -0.2) is 69.2 Å². The van der Waals surface area contributed by atoms with Crippen LogP contribution >= 0.6 is 0 Å². The lowest BCUT2D eigenvalue weighted by atomic mass is 10.1. The maximum Gasteiger partial charge on any atom is 0.191 e. The first kappa shape index (κ1) is 16.2. The molecule has 1 aliphatic heterocycles. The van der Waals surface area contributed by atoms with E-state index in [4.69, 9.17) is 10.5 Å². The van der Waals surface area contributed by atoms with E-state index in [1.54, 1.807) is 0 Å². The Morgan fingerprint density at radius 2 is 1.74 bits per heavy atom. The normalized spacial score (nSPS) is 17.2. The fourth-order valence-corrected chi connectivity index (χ4v) is 2.16. The maximum atomic E-state index is 5.96. The van der Waals surface area contributed by atoms with Gasteiger partial charge in [0.25, 0.3) is 0 Å². The Kier molecular flexibility index (Phi) is 8.58. The topological polar surface area (TPSA) is 54.1 Å². The summed E-state index contributed by atoms with van der Waals surface area (Å²) in [6.07, 6.45) is 6.33. The van der Waals surface area contributed by atoms with Crippen molar-refractivity contribution in [3.8, 4) is 0 Å². The van der Waals surface area contributed by atoms with Gasteiger partial charge in [-0.05, 0) is 33.5 Å². The van der Waals surface area contributed by atoms with Gasteiger partial charge in [-0.25, -0.2) is 0 Å². The third-order valence-electron chi connectivity index (χ3n) is 3.37. The predicted octanol–water partition coefficient (Wildman–Crippen LogP) is 1.15. The maximum absolute atomic E-state index is 5.96. The molecule has 0 unspecified atom stereocenters. The number of guanidine groups is 1. The van der Waals surface area contributed by atoms with Crippen LogP contribution in [0.25, 0.3) is 0 Å². The molecule has 0 radical (unpaired) electrons. The highest BCUT2D eigenvalue weighted by Gasteiger charge is 2.11. The summed E-state index contributed by atoms with van der Waals surface area (Å²) in [6.45, 7) is 5.34. The smallest absolute Gasteiger partial charge is 0.191 e. The van der Waals surface area contributed by atoms with Crippen LogP contribution in [0.1, 0.15) is 32.1 Å². The summed E-state index contributed by atoms with van der Waals surface area (Å²) < 4.78 is 5.29. The van der Waals surface area contributed by atoms with Crippen molar-refractivity contribution in [3.63, 3.8) is 0 Å². The molecule has 1 fully saturated rings. The molecule has 1 saturated heterocycles. The number of nitrogens with zero attached hydrogens (tertiary/aromatic N) is 3. The summed E-state index contributed by atoms with van der Waals surface area (Å²) in [5.41, 5.74) is 5.96. The molecule has 5 nitrogen and oxygen atoms in total. The molecule has 2 N–H and O–H groups in total. The molecule has 0 atom stereocenters. The van der Waals surface area contributed by atoms with Crippen molar-refractivity contribution in [2.24, 2.45) is 10.7 Å². The Morgan fingerprint density at radius 1 is 1.11 bits per heavy atom. The van der Waals surface area contributed by atoms with Gasteiger partial charge in [-0.15, -0.1) is 0 Å². The van der Waals surface area contributed by atoms with E-state index in [9.17, 15) is 0 Å². The van der Waals surface area contributed by atoms with E-state index >= 15 is 0 Å². The molecule has 0 aromatic carbocycles. The first-order valence-electron chi connectivity index (χ1n) is 7.47. The molecule has 0 spiro atoms. The summed E-state index contributed by atoms with van der Waals surface area (Å²) in [4.78, 5) is 8.81. The van der Waals surface area contributed by atoms with E-state index in [0.29, 0.717) is 5.96 Å². The number of aliphatic imine (C=N–C) groups is 1. The molecule has 5 heteroatoms. The third kappa shape index (κ3) is 8.06. The number of nitrogens with two attached hydrogens (primary N) is 1. The van der Waals surface area contributed by atoms with Gasteiger partial charge in [0.2, 0.25) is 0 Å². The molecule has 0 amide bonds. The number of rotatable bonds is 8. The van der Waals surface area contributed by atoms with Crippen LogP contribution < -0.4 is 5.73 Å². The lowest BCUT2D eigenvalue weighted by Gasteiger charge is -2.27. The van der Waals surface area contributed by atoms with Crippen LogP contribution in [0.15, 0.2) is 4.99 Å². The van der Waals surface area contributed by atoms with E-state index in [0.717, 1.165) is 39.3 Å². The highest BCUT2D eigenvalue weighted by atomic mass is 16.5. The summed E-state index contributed by atoms with van der Waals surface area (Å²) >= 11 is 0. The zero-order chi connectivity index (χ0) is 13.9. The second-order valence-electron chi connectivity index (χ2n) is 5.41. The molecule has 1 aliphatic rings. The van der Waals surface area contributed by atoms with Gasteiger partial charge in [-0.3, -0.25) is 4.99 Å². The average Bonchev–Trinajstić information content (AvgIpc) is 2.42. The number of hydrogen-bond donors (Lipinski definition) is 1. The van der Waals surface area contributed by atoms with Gasteiger partial charge in [0.1, 0.15) is 0 Å². The van der Waals surface area contributed by atoms with Gasteiger partial charge in [-0.1, -0.05) is 19.3 Å². The van der Waals surface area contributed by atoms with Crippen LogP contribution in [0.4, 0.5) is 0 Å². The largest absolute Gasteiger partial charge is 0.378 e. The number of unbranched alkanes of at least 4 members (excludes halogenated alkanes) is 4. The van der Waals surface area contributed by atoms with Gasteiger partial charge in [0.05, 0.1) is 13.2 Å². The van der Waals surface area contributed by atoms with Crippen molar-refractivity contribution in [2.75, 3.05) is 53.5 Å². The molecule has 19 heavy (non-hydrogen) atoms. The molecule has 0 bridgehead atoms. The quantitative estimate of drug-likeness (QED) is 0.408. The van der Waals surface area contributed by atoms with Gasteiger partial charge in [0, 0.05) is 19.6 Å². The molecule has 112 valence electrons. The molecule has 0 saturated carbocycles. The Hall–Kier alpha value is -0.810. The highest BCUT2D eigenvalue weighted by molar-refractivity contribution is 5.78. The Labute approximate surface area is 117 Å². The second-order valence-corrected chi connectivity index (χ2v) is 5.41. The Bertz CT molecular complexity index is 250.